The number of likely N-dealkylation sites (N-methyl/N-ethyl adjacent to an activating group) is 1. The second-order valence-corrected chi connectivity index (χ2v) is 14.3. The predicted molar refractivity (Wildman–Crippen MR) is 174 cm³/mol. The largest absolute Gasteiger partial charge is 0.392 e. The lowest BCUT2D eigenvalue weighted by Crippen LogP contribution is -2.61. The molecule has 3 aromatic carbocycles. The molecule has 3 atom stereocenters. The lowest BCUT2D eigenvalue weighted by atomic mass is 9.53. The summed E-state index contributed by atoms with van der Waals surface area (Å²) in [6, 6.07) is 26.7. The highest BCUT2D eigenvalue weighted by Gasteiger charge is 2.51. The lowest BCUT2D eigenvalue weighted by molar-refractivity contribution is -0.252. The number of nitrogens with zero attached hydrogens (tertiary/aromatic N) is 1. The number of urea groups is 1. The van der Waals surface area contributed by atoms with Crippen LogP contribution in [0.2, 0.25) is 0 Å². The van der Waals surface area contributed by atoms with Crippen molar-refractivity contribution in [2.75, 3.05) is 13.6 Å². The molecule has 4 bridgehead atoms. The molecule has 8 rings (SSSR count). The number of aliphatic hydroxyl groups excluding tert-OH is 1. The molecule has 0 radical (unpaired) electrons. The summed E-state index contributed by atoms with van der Waals surface area (Å²) in [5.41, 5.74) is 5.27. The zero-order valence-corrected chi connectivity index (χ0v) is 26.4. The maximum Gasteiger partial charge on any atom is 0.315 e. The Morgan fingerprint density at radius 3 is 2.07 bits per heavy atom. The molecule has 4 aliphatic carbocycles. The van der Waals surface area contributed by atoms with Gasteiger partial charge in [0.05, 0.1) is 18.8 Å². The van der Waals surface area contributed by atoms with Crippen molar-refractivity contribution in [1.29, 1.82) is 0 Å². The van der Waals surface area contributed by atoms with Crippen LogP contribution in [0.3, 0.4) is 0 Å². The minimum absolute atomic E-state index is 0.0129. The zero-order chi connectivity index (χ0) is 30.8. The number of rotatable bonds is 10. The van der Waals surface area contributed by atoms with Crippen LogP contribution in [0.4, 0.5) is 4.79 Å². The highest BCUT2D eigenvalue weighted by atomic mass is 16.7. The van der Waals surface area contributed by atoms with Gasteiger partial charge in [-0.2, -0.15) is 0 Å². The highest BCUT2D eigenvalue weighted by molar-refractivity contribution is 5.75. The van der Waals surface area contributed by atoms with Crippen molar-refractivity contribution >= 4 is 6.03 Å². The number of carbonyl (C=O) groups excluding carboxylic acids is 1. The van der Waals surface area contributed by atoms with E-state index in [0.29, 0.717) is 6.54 Å². The van der Waals surface area contributed by atoms with E-state index >= 15 is 0 Å². The third-order valence-electron chi connectivity index (χ3n) is 10.5. The van der Waals surface area contributed by atoms with Crippen LogP contribution in [0.5, 0.6) is 0 Å². The van der Waals surface area contributed by atoms with Gasteiger partial charge in [-0.3, -0.25) is 4.90 Å². The first-order valence-corrected chi connectivity index (χ1v) is 16.8. The molecule has 0 spiro atoms. The monoisotopic (exact) mass is 609 g/mol. The molecular formula is C38H47N3O4. The van der Waals surface area contributed by atoms with Gasteiger partial charge in [0, 0.05) is 37.2 Å². The Morgan fingerprint density at radius 2 is 1.42 bits per heavy atom. The number of ether oxygens (including phenoxy) is 2. The van der Waals surface area contributed by atoms with Gasteiger partial charge >= 0.3 is 6.03 Å². The van der Waals surface area contributed by atoms with Crippen molar-refractivity contribution < 1.29 is 19.4 Å². The summed E-state index contributed by atoms with van der Waals surface area (Å²) in [5, 5.41) is 16.1. The third-order valence-corrected chi connectivity index (χ3v) is 10.5. The highest BCUT2D eigenvalue weighted by Crippen LogP contribution is 2.55. The van der Waals surface area contributed by atoms with Crippen LogP contribution < -0.4 is 10.6 Å². The number of amides is 2. The van der Waals surface area contributed by atoms with Crippen LogP contribution in [0.15, 0.2) is 78.9 Å². The predicted octanol–water partition coefficient (Wildman–Crippen LogP) is 6.62. The van der Waals surface area contributed by atoms with Crippen molar-refractivity contribution in [2.24, 2.45) is 17.8 Å². The summed E-state index contributed by atoms with van der Waals surface area (Å²) in [7, 11) is 2.13. The molecule has 3 N–H and O–H groups in total. The van der Waals surface area contributed by atoms with Crippen LogP contribution in [0.1, 0.15) is 85.2 Å². The second-order valence-electron chi connectivity index (χ2n) is 14.3. The van der Waals surface area contributed by atoms with Gasteiger partial charge in [-0.05, 0) is 85.6 Å². The molecule has 0 aromatic heterocycles. The zero-order valence-electron chi connectivity index (χ0n) is 26.4. The fraction of sp³-hybridized carbons (Fsp3) is 0.500. The minimum Gasteiger partial charge on any atom is -0.392 e. The number of hydrogen-bond donors (Lipinski definition) is 3. The molecule has 7 heteroatoms. The average Bonchev–Trinajstić information content (AvgIpc) is 3.03. The molecule has 4 saturated carbocycles. The third kappa shape index (κ3) is 7.28. The van der Waals surface area contributed by atoms with Crippen LogP contribution in [0.25, 0.3) is 0 Å². The van der Waals surface area contributed by atoms with Crippen molar-refractivity contribution in [3.05, 3.63) is 107 Å². The van der Waals surface area contributed by atoms with E-state index < -0.39 is 6.29 Å². The van der Waals surface area contributed by atoms with E-state index in [9.17, 15) is 9.90 Å². The Hall–Kier alpha value is -3.23. The lowest BCUT2D eigenvalue weighted by Gasteiger charge is -2.56. The van der Waals surface area contributed by atoms with Crippen molar-refractivity contribution in [1.82, 2.24) is 15.5 Å². The Kier molecular flexibility index (Phi) is 8.96. The van der Waals surface area contributed by atoms with E-state index in [1.807, 2.05) is 30.3 Å². The van der Waals surface area contributed by atoms with E-state index in [0.717, 1.165) is 78.8 Å². The molecule has 238 valence electrons. The van der Waals surface area contributed by atoms with Crippen molar-refractivity contribution in [3.8, 4) is 0 Å². The molecule has 45 heavy (non-hydrogen) atoms. The average molecular weight is 610 g/mol. The quantitative estimate of drug-likeness (QED) is 0.241. The van der Waals surface area contributed by atoms with E-state index in [1.54, 1.807) is 0 Å². The summed E-state index contributed by atoms with van der Waals surface area (Å²) < 4.78 is 13.1. The smallest absolute Gasteiger partial charge is 0.315 e. The molecule has 5 fully saturated rings. The summed E-state index contributed by atoms with van der Waals surface area (Å²) in [6.45, 7) is 2.13. The molecule has 1 saturated heterocycles. The topological polar surface area (TPSA) is 83.1 Å². The van der Waals surface area contributed by atoms with Crippen LogP contribution in [0, 0.1) is 17.8 Å². The normalized spacial score (nSPS) is 30.4. The first-order valence-electron chi connectivity index (χ1n) is 16.8. The van der Waals surface area contributed by atoms with Gasteiger partial charge in [0.1, 0.15) is 0 Å². The van der Waals surface area contributed by atoms with Crippen molar-refractivity contribution in [2.45, 2.75) is 88.7 Å². The Bertz CT molecular complexity index is 1390. The number of benzene rings is 3. The van der Waals surface area contributed by atoms with E-state index in [1.165, 1.54) is 24.8 Å². The first-order chi connectivity index (χ1) is 21.9. The van der Waals surface area contributed by atoms with E-state index in [2.05, 4.69) is 71.1 Å². The van der Waals surface area contributed by atoms with Gasteiger partial charge in [-0.25, -0.2) is 4.79 Å². The minimum atomic E-state index is -0.502. The van der Waals surface area contributed by atoms with Gasteiger partial charge in [0.2, 0.25) is 0 Å². The molecule has 3 aromatic rings. The van der Waals surface area contributed by atoms with Crippen LogP contribution in [-0.2, 0) is 29.2 Å². The number of carbonyl (C=O) groups is 1. The van der Waals surface area contributed by atoms with E-state index in [-0.39, 0.29) is 30.4 Å². The molecule has 2 amide bonds. The SMILES string of the molecule is CN(Cc1ccccc1)CC1CC(c2ccc(CO)cc2)OC(c2ccc(CNC(=O)NC34CC5CC(CC(C5)C3)C4)cc2)O1. The summed E-state index contributed by atoms with van der Waals surface area (Å²) >= 11 is 0. The number of aliphatic hydroxyl groups is 1. The molecular weight excluding hydrogens is 562 g/mol. The van der Waals surface area contributed by atoms with Crippen LogP contribution in [-0.4, -0.2) is 41.3 Å². The standard InChI is InChI=1S/C38H47N3O4/c1-41(23-27-5-3-2-4-6-27)24-34-18-35(32-11-9-28(25-42)10-12-32)45-36(44-34)33-13-7-26(8-14-33)22-39-37(43)40-38-19-29-15-30(20-38)17-31(16-29)21-38/h2-14,29-31,34-36,42H,15-25H2,1H3,(H2,39,40,43). The molecule has 3 unspecified atom stereocenters. The Morgan fingerprint density at radius 1 is 0.800 bits per heavy atom. The summed E-state index contributed by atoms with van der Waals surface area (Å²) in [5.74, 6) is 2.41. The molecule has 1 heterocycles. The van der Waals surface area contributed by atoms with E-state index in [4.69, 9.17) is 9.47 Å². The molecule has 5 aliphatic rings. The maximum atomic E-state index is 13.0. The number of nitrogens with one attached hydrogen (secondary N) is 2. The summed E-state index contributed by atoms with van der Waals surface area (Å²) in [4.78, 5) is 15.3. The molecule has 1 aliphatic heterocycles. The Balaban J connectivity index is 0.984. The van der Waals surface area contributed by atoms with Gasteiger partial charge in [0.25, 0.3) is 0 Å². The van der Waals surface area contributed by atoms with Gasteiger partial charge in [-0.15, -0.1) is 0 Å². The fourth-order valence-electron chi connectivity index (χ4n) is 8.86. The Labute approximate surface area is 267 Å². The van der Waals surface area contributed by atoms with Crippen LogP contribution >= 0.6 is 0 Å². The number of hydrogen-bond acceptors (Lipinski definition) is 5. The van der Waals surface area contributed by atoms with Gasteiger partial charge in [0.15, 0.2) is 6.29 Å². The van der Waals surface area contributed by atoms with Gasteiger partial charge in [-0.1, -0.05) is 78.9 Å². The first kappa shape index (κ1) is 30.4. The maximum absolute atomic E-state index is 13.0. The van der Waals surface area contributed by atoms with Crippen molar-refractivity contribution in [3.63, 3.8) is 0 Å². The summed E-state index contributed by atoms with van der Waals surface area (Å²) in [6.07, 6.45) is 7.65. The fourth-order valence-corrected chi connectivity index (χ4v) is 8.86. The molecule has 7 nitrogen and oxygen atoms in total. The van der Waals surface area contributed by atoms with Gasteiger partial charge < -0.3 is 25.2 Å². The second kappa shape index (κ2) is 13.2.